The molecule has 1 N–H and O–H groups in total. The van der Waals surface area contributed by atoms with E-state index in [9.17, 15) is 13.2 Å². The normalized spacial score (nSPS) is 11.5. The summed E-state index contributed by atoms with van der Waals surface area (Å²) in [4.78, 5) is 12.9. The third-order valence-corrected chi connectivity index (χ3v) is 7.19. The molecule has 0 aliphatic rings. The lowest BCUT2D eigenvalue weighted by molar-refractivity contribution is -0.116. The number of nitrogens with zero attached hydrogens (tertiary/aromatic N) is 1. The van der Waals surface area contributed by atoms with Crippen molar-refractivity contribution in [3.63, 3.8) is 0 Å². The van der Waals surface area contributed by atoms with Gasteiger partial charge in [0.25, 0.3) is 0 Å². The highest BCUT2D eigenvalue weighted by molar-refractivity contribution is 7.89. The van der Waals surface area contributed by atoms with E-state index in [2.05, 4.69) is 5.32 Å². The highest BCUT2D eigenvalue weighted by Gasteiger charge is 2.27. The zero-order valence-corrected chi connectivity index (χ0v) is 19.3. The second kappa shape index (κ2) is 9.64. The summed E-state index contributed by atoms with van der Waals surface area (Å²) in [6, 6.07) is 19.1. The molecular weight excluding hydrogens is 432 g/mol. The van der Waals surface area contributed by atoms with E-state index in [0.717, 1.165) is 22.3 Å². The predicted octanol–water partition coefficient (Wildman–Crippen LogP) is 5.09. The molecule has 3 aromatic rings. The number of hydrogen-bond acceptors (Lipinski definition) is 3. The minimum absolute atomic E-state index is 0.0749. The van der Waals surface area contributed by atoms with E-state index in [-0.39, 0.29) is 18.0 Å². The minimum Gasteiger partial charge on any atom is -0.325 e. The van der Waals surface area contributed by atoms with Crippen molar-refractivity contribution in [1.82, 2.24) is 4.31 Å². The van der Waals surface area contributed by atoms with Crippen LogP contribution in [0.25, 0.3) is 0 Å². The highest BCUT2D eigenvalue weighted by Crippen LogP contribution is 2.22. The van der Waals surface area contributed by atoms with Gasteiger partial charge in [-0.2, -0.15) is 4.31 Å². The van der Waals surface area contributed by atoms with Crippen LogP contribution in [0.5, 0.6) is 0 Å². The maximum absolute atomic E-state index is 13.3. The highest BCUT2D eigenvalue weighted by atomic mass is 35.5. The number of sulfonamides is 1. The van der Waals surface area contributed by atoms with Crippen molar-refractivity contribution in [2.45, 2.75) is 32.2 Å². The minimum atomic E-state index is -3.92. The van der Waals surface area contributed by atoms with Crippen LogP contribution in [0.15, 0.2) is 71.6 Å². The third-order valence-electron chi connectivity index (χ3n) is 5.13. The monoisotopic (exact) mass is 456 g/mol. The quantitative estimate of drug-likeness (QED) is 0.538. The SMILES string of the molecule is Cc1ccc(CN(CC(=O)Nc2cccc(C)c2C)S(=O)(=O)c2ccc(Cl)cc2)cc1. The van der Waals surface area contributed by atoms with Gasteiger partial charge in [-0.15, -0.1) is 0 Å². The van der Waals surface area contributed by atoms with E-state index in [0.29, 0.717) is 10.7 Å². The van der Waals surface area contributed by atoms with Gasteiger partial charge >= 0.3 is 0 Å². The van der Waals surface area contributed by atoms with Crippen molar-refractivity contribution in [2.24, 2.45) is 0 Å². The van der Waals surface area contributed by atoms with Crippen LogP contribution in [-0.2, 0) is 21.4 Å². The molecule has 0 saturated carbocycles. The number of hydrogen-bond donors (Lipinski definition) is 1. The largest absolute Gasteiger partial charge is 0.325 e. The van der Waals surface area contributed by atoms with Gasteiger partial charge in [0.15, 0.2) is 0 Å². The van der Waals surface area contributed by atoms with Gasteiger partial charge in [0.05, 0.1) is 11.4 Å². The first-order chi connectivity index (χ1) is 14.7. The molecule has 0 atom stereocenters. The Balaban J connectivity index is 1.89. The van der Waals surface area contributed by atoms with Crippen LogP contribution in [0.3, 0.4) is 0 Å². The molecule has 0 aliphatic carbocycles. The molecule has 31 heavy (non-hydrogen) atoms. The van der Waals surface area contributed by atoms with Crippen LogP contribution in [0.2, 0.25) is 5.02 Å². The Morgan fingerprint density at radius 1 is 0.935 bits per heavy atom. The number of carbonyl (C=O) groups is 1. The van der Waals surface area contributed by atoms with Crippen LogP contribution >= 0.6 is 11.6 Å². The number of aryl methyl sites for hydroxylation is 2. The van der Waals surface area contributed by atoms with Gasteiger partial charge in [-0.3, -0.25) is 4.79 Å². The van der Waals surface area contributed by atoms with Crippen molar-refractivity contribution >= 4 is 33.2 Å². The molecule has 0 bridgehead atoms. The number of amides is 1. The summed E-state index contributed by atoms with van der Waals surface area (Å²) >= 11 is 5.92. The van der Waals surface area contributed by atoms with Gasteiger partial charge in [0, 0.05) is 17.3 Å². The molecule has 0 aliphatic heterocycles. The van der Waals surface area contributed by atoms with Crippen LogP contribution in [0.4, 0.5) is 5.69 Å². The fourth-order valence-electron chi connectivity index (χ4n) is 3.12. The molecule has 7 heteroatoms. The average molecular weight is 457 g/mol. The lowest BCUT2D eigenvalue weighted by Gasteiger charge is -2.22. The molecule has 3 rings (SSSR count). The summed E-state index contributed by atoms with van der Waals surface area (Å²) in [6.07, 6.45) is 0. The molecule has 0 radical (unpaired) electrons. The van der Waals surface area contributed by atoms with Crippen molar-refractivity contribution in [3.8, 4) is 0 Å². The van der Waals surface area contributed by atoms with Gasteiger partial charge in [-0.05, 0) is 67.8 Å². The number of carbonyl (C=O) groups excluding carboxylic acids is 1. The first-order valence-electron chi connectivity index (χ1n) is 9.84. The smallest absolute Gasteiger partial charge is 0.243 e. The van der Waals surface area contributed by atoms with Gasteiger partial charge < -0.3 is 5.32 Å². The van der Waals surface area contributed by atoms with Crippen LogP contribution in [-0.4, -0.2) is 25.2 Å². The molecule has 0 spiro atoms. The molecule has 0 saturated heterocycles. The maximum atomic E-state index is 13.3. The molecule has 0 heterocycles. The lowest BCUT2D eigenvalue weighted by atomic mass is 10.1. The molecule has 0 aromatic heterocycles. The fourth-order valence-corrected chi connectivity index (χ4v) is 4.63. The number of benzene rings is 3. The maximum Gasteiger partial charge on any atom is 0.243 e. The van der Waals surface area contributed by atoms with Crippen LogP contribution < -0.4 is 5.32 Å². The third kappa shape index (κ3) is 5.73. The Kier molecular flexibility index (Phi) is 7.15. The predicted molar refractivity (Wildman–Crippen MR) is 125 cm³/mol. The summed E-state index contributed by atoms with van der Waals surface area (Å²) < 4.78 is 27.8. The molecule has 0 fully saturated rings. The first-order valence-corrected chi connectivity index (χ1v) is 11.7. The molecule has 1 amide bonds. The van der Waals surface area contributed by atoms with Gasteiger partial charge in [-0.25, -0.2) is 8.42 Å². The molecule has 162 valence electrons. The molecule has 0 unspecified atom stereocenters. The number of nitrogens with one attached hydrogen (secondary N) is 1. The second-order valence-corrected chi connectivity index (χ2v) is 9.88. The standard InChI is InChI=1S/C24H25ClN2O3S/c1-17-7-9-20(10-8-17)15-27(31(29,30)22-13-11-21(25)12-14-22)16-24(28)26-23-6-4-5-18(2)19(23)3/h4-14H,15-16H2,1-3H3,(H,26,28). The van der Waals surface area contributed by atoms with Crippen molar-refractivity contribution < 1.29 is 13.2 Å². The van der Waals surface area contributed by atoms with E-state index in [1.807, 2.05) is 57.2 Å². The molecule has 3 aromatic carbocycles. The molecule has 5 nitrogen and oxygen atoms in total. The van der Waals surface area contributed by atoms with Crippen molar-refractivity contribution in [2.75, 3.05) is 11.9 Å². The van der Waals surface area contributed by atoms with Gasteiger partial charge in [0.1, 0.15) is 0 Å². The van der Waals surface area contributed by atoms with E-state index in [1.54, 1.807) is 6.07 Å². The molecular formula is C24H25ClN2O3S. The Morgan fingerprint density at radius 2 is 1.58 bits per heavy atom. The summed E-state index contributed by atoms with van der Waals surface area (Å²) in [6.45, 7) is 5.60. The Bertz CT molecular complexity index is 1170. The van der Waals surface area contributed by atoms with Crippen molar-refractivity contribution in [3.05, 3.63) is 94.0 Å². The van der Waals surface area contributed by atoms with Gasteiger partial charge in [0.2, 0.25) is 15.9 Å². The topological polar surface area (TPSA) is 66.5 Å². The van der Waals surface area contributed by atoms with E-state index >= 15 is 0 Å². The number of anilines is 1. The first kappa shape index (κ1) is 23.0. The zero-order chi connectivity index (χ0) is 22.6. The number of halogens is 1. The van der Waals surface area contributed by atoms with Crippen LogP contribution in [0, 0.1) is 20.8 Å². The average Bonchev–Trinajstić information content (AvgIpc) is 2.73. The fraction of sp³-hybridized carbons (Fsp3) is 0.208. The zero-order valence-electron chi connectivity index (χ0n) is 17.7. The summed E-state index contributed by atoms with van der Waals surface area (Å²) in [5.41, 5.74) is 4.53. The Labute approximate surface area is 188 Å². The van der Waals surface area contributed by atoms with Crippen LogP contribution in [0.1, 0.15) is 22.3 Å². The summed E-state index contributed by atoms with van der Waals surface area (Å²) in [5.74, 6) is -0.404. The van der Waals surface area contributed by atoms with E-state index < -0.39 is 15.9 Å². The van der Waals surface area contributed by atoms with E-state index in [4.69, 9.17) is 11.6 Å². The summed E-state index contributed by atoms with van der Waals surface area (Å²) in [5, 5.41) is 3.28. The lowest BCUT2D eigenvalue weighted by Crippen LogP contribution is -2.37. The second-order valence-electron chi connectivity index (χ2n) is 7.51. The van der Waals surface area contributed by atoms with Gasteiger partial charge in [-0.1, -0.05) is 53.6 Å². The Hall–Kier alpha value is -2.67. The number of rotatable bonds is 7. The Morgan fingerprint density at radius 3 is 2.23 bits per heavy atom. The summed E-state index contributed by atoms with van der Waals surface area (Å²) in [7, 11) is -3.92. The van der Waals surface area contributed by atoms with Crippen molar-refractivity contribution in [1.29, 1.82) is 0 Å². The van der Waals surface area contributed by atoms with E-state index in [1.165, 1.54) is 28.6 Å².